The average Bonchev–Trinajstić information content (AvgIpc) is 2.86. The van der Waals surface area contributed by atoms with Crippen molar-refractivity contribution in [3.05, 3.63) is 82.7 Å². The van der Waals surface area contributed by atoms with Gasteiger partial charge in [0.25, 0.3) is 0 Å². The number of benzene rings is 2. The van der Waals surface area contributed by atoms with Gasteiger partial charge < -0.3 is 24.6 Å². The lowest BCUT2D eigenvalue weighted by molar-refractivity contribution is -0.151. The summed E-state index contributed by atoms with van der Waals surface area (Å²) in [5, 5.41) is 13.0. The normalized spacial score (nSPS) is 21.4. The summed E-state index contributed by atoms with van der Waals surface area (Å²) >= 11 is 0. The SMILES string of the molecule is COC(=O)C1C(=O)C2=C(CC1C)NC(C)=C(C(=O)OCCOc1ccccc1)C2c1ccc(O)cc1. The fourth-order valence-corrected chi connectivity index (χ4v) is 4.84. The molecule has 1 aliphatic heterocycles. The molecule has 1 aliphatic carbocycles. The van der Waals surface area contributed by atoms with Crippen molar-refractivity contribution in [2.24, 2.45) is 11.8 Å². The van der Waals surface area contributed by atoms with Crippen LogP contribution in [0.15, 0.2) is 77.1 Å². The molecule has 2 aromatic carbocycles. The van der Waals surface area contributed by atoms with E-state index in [9.17, 15) is 19.5 Å². The van der Waals surface area contributed by atoms with Gasteiger partial charge in [-0.1, -0.05) is 37.3 Å². The van der Waals surface area contributed by atoms with Gasteiger partial charge in [-0.3, -0.25) is 9.59 Å². The number of nitrogens with one attached hydrogen (secondary N) is 1. The molecule has 0 amide bonds. The van der Waals surface area contributed by atoms with Crippen LogP contribution in [-0.4, -0.2) is 43.2 Å². The van der Waals surface area contributed by atoms with Crippen molar-refractivity contribution >= 4 is 17.7 Å². The molecule has 188 valence electrons. The summed E-state index contributed by atoms with van der Waals surface area (Å²) in [6.07, 6.45) is 0.444. The highest BCUT2D eigenvalue weighted by Crippen LogP contribution is 2.45. The summed E-state index contributed by atoms with van der Waals surface area (Å²) in [4.78, 5) is 39.5. The Morgan fingerprint density at radius 2 is 1.75 bits per heavy atom. The standard InChI is InChI=1S/C28H29NO7/c1-16-15-21-25(26(31)22(16)27(32)34-3)24(18-9-11-19(30)12-10-18)23(17(2)29-21)28(33)36-14-13-35-20-7-5-4-6-8-20/h4-12,16,22,24,29-30H,13-15H2,1-3H3. The van der Waals surface area contributed by atoms with Crippen molar-refractivity contribution in [2.45, 2.75) is 26.2 Å². The van der Waals surface area contributed by atoms with Gasteiger partial charge in [0.15, 0.2) is 5.78 Å². The number of methoxy groups -OCH3 is 1. The number of carbonyl (C=O) groups is 3. The number of hydrogen-bond donors (Lipinski definition) is 2. The Labute approximate surface area is 209 Å². The van der Waals surface area contributed by atoms with E-state index in [0.29, 0.717) is 34.7 Å². The van der Waals surface area contributed by atoms with E-state index in [2.05, 4.69) is 5.32 Å². The van der Waals surface area contributed by atoms with Gasteiger partial charge in [0, 0.05) is 22.9 Å². The third kappa shape index (κ3) is 4.98. The first-order chi connectivity index (χ1) is 17.3. The second-order valence-electron chi connectivity index (χ2n) is 8.92. The molecule has 4 rings (SSSR count). The predicted octanol–water partition coefficient (Wildman–Crippen LogP) is 3.63. The summed E-state index contributed by atoms with van der Waals surface area (Å²) in [7, 11) is 1.26. The van der Waals surface area contributed by atoms with Crippen molar-refractivity contribution in [2.75, 3.05) is 20.3 Å². The van der Waals surface area contributed by atoms with Crippen LogP contribution in [0.5, 0.6) is 11.5 Å². The third-order valence-corrected chi connectivity index (χ3v) is 6.52. The van der Waals surface area contributed by atoms with E-state index >= 15 is 0 Å². The van der Waals surface area contributed by atoms with Gasteiger partial charge in [-0.25, -0.2) is 4.79 Å². The summed E-state index contributed by atoms with van der Waals surface area (Å²) in [5.74, 6) is -2.86. The molecule has 0 bridgehead atoms. The lowest BCUT2D eigenvalue weighted by Gasteiger charge is -2.38. The monoisotopic (exact) mass is 491 g/mol. The molecule has 2 aliphatic rings. The van der Waals surface area contributed by atoms with Gasteiger partial charge in [0.2, 0.25) is 0 Å². The van der Waals surface area contributed by atoms with Crippen molar-refractivity contribution in [1.29, 1.82) is 0 Å². The molecule has 8 nitrogen and oxygen atoms in total. The van der Waals surface area contributed by atoms with Crippen molar-refractivity contribution in [1.82, 2.24) is 5.32 Å². The number of dihydropyridines is 1. The lowest BCUT2D eigenvalue weighted by Crippen LogP contribution is -2.43. The van der Waals surface area contributed by atoms with Crippen LogP contribution < -0.4 is 10.1 Å². The minimum atomic E-state index is -0.967. The van der Waals surface area contributed by atoms with Gasteiger partial charge in [-0.05, 0) is 49.1 Å². The molecule has 2 N–H and O–H groups in total. The quantitative estimate of drug-likeness (QED) is 0.343. The molecule has 0 saturated carbocycles. The fraction of sp³-hybridized carbons (Fsp3) is 0.321. The summed E-state index contributed by atoms with van der Waals surface area (Å²) in [6.45, 7) is 3.76. The summed E-state index contributed by atoms with van der Waals surface area (Å²) in [5.41, 5.74) is 2.47. The maximum absolute atomic E-state index is 13.7. The van der Waals surface area contributed by atoms with Crippen LogP contribution in [0.4, 0.5) is 0 Å². The number of esters is 2. The van der Waals surface area contributed by atoms with Crippen LogP contribution in [-0.2, 0) is 23.9 Å². The number of hydrogen-bond acceptors (Lipinski definition) is 8. The minimum absolute atomic E-state index is 0.00841. The number of ether oxygens (including phenoxy) is 3. The molecule has 3 unspecified atom stereocenters. The molecule has 0 spiro atoms. The molecule has 0 saturated heterocycles. The molecule has 0 radical (unpaired) electrons. The van der Waals surface area contributed by atoms with E-state index in [1.54, 1.807) is 19.1 Å². The summed E-state index contributed by atoms with van der Waals surface area (Å²) < 4.78 is 16.1. The van der Waals surface area contributed by atoms with Gasteiger partial charge >= 0.3 is 11.9 Å². The second kappa shape index (κ2) is 10.7. The van der Waals surface area contributed by atoms with Crippen LogP contribution >= 0.6 is 0 Å². The van der Waals surface area contributed by atoms with Crippen LogP contribution in [0.3, 0.4) is 0 Å². The molecular formula is C28H29NO7. The zero-order chi connectivity index (χ0) is 25.8. The average molecular weight is 492 g/mol. The molecule has 36 heavy (non-hydrogen) atoms. The van der Waals surface area contributed by atoms with Crippen LogP contribution in [0.2, 0.25) is 0 Å². The number of allylic oxidation sites excluding steroid dienone is 3. The van der Waals surface area contributed by atoms with E-state index in [1.807, 2.05) is 37.3 Å². The van der Waals surface area contributed by atoms with Gasteiger partial charge in [-0.2, -0.15) is 0 Å². The Bertz CT molecular complexity index is 1210. The van der Waals surface area contributed by atoms with Crippen molar-refractivity contribution in [3.63, 3.8) is 0 Å². The number of ketones is 1. The minimum Gasteiger partial charge on any atom is -0.508 e. The second-order valence-corrected chi connectivity index (χ2v) is 8.92. The Hall–Kier alpha value is -4.07. The zero-order valence-corrected chi connectivity index (χ0v) is 20.4. The van der Waals surface area contributed by atoms with Crippen LogP contribution in [0.1, 0.15) is 31.7 Å². The highest BCUT2D eigenvalue weighted by atomic mass is 16.6. The largest absolute Gasteiger partial charge is 0.508 e. The van der Waals surface area contributed by atoms with E-state index in [1.165, 1.54) is 19.2 Å². The molecule has 0 aromatic heterocycles. The Morgan fingerprint density at radius 1 is 1.06 bits per heavy atom. The number of carbonyl (C=O) groups excluding carboxylic acids is 3. The third-order valence-electron chi connectivity index (χ3n) is 6.52. The summed E-state index contributed by atoms with van der Waals surface area (Å²) in [6, 6.07) is 15.5. The first-order valence-electron chi connectivity index (χ1n) is 11.8. The van der Waals surface area contributed by atoms with E-state index in [4.69, 9.17) is 14.2 Å². The number of Topliss-reactive ketones (excluding diaryl/α,β-unsaturated/α-hetero) is 1. The Morgan fingerprint density at radius 3 is 2.42 bits per heavy atom. The van der Waals surface area contributed by atoms with Crippen molar-refractivity contribution < 1.29 is 33.7 Å². The number of phenolic OH excluding ortho intramolecular Hbond substituents is 1. The molecular weight excluding hydrogens is 462 g/mol. The van der Waals surface area contributed by atoms with Gasteiger partial charge in [-0.15, -0.1) is 0 Å². The first kappa shape index (κ1) is 25.0. The zero-order valence-electron chi connectivity index (χ0n) is 20.4. The number of phenols is 1. The number of rotatable bonds is 7. The highest BCUT2D eigenvalue weighted by molar-refractivity contribution is 6.12. The first-order valence-corrected chi connectivity index (χ1v) is 11.8. The fourth-order valence-electron chi connectivity index (χ4n) is 4.84. The molecule has 1 heterocycles. The Balaban J connectivity index is 1.63. The van der Waals surface area contributed by atoms with Crippen LogP contribution in [0.25, 0.3) is 0 Å². The maximum Gasteiger partial charge on any atom is 0.336 e. The molecule has 8 heteroatoms. The topological polar surface area (TPSA) is 111 Å². The molecule has 0 fully saturated rings. The van der Waals surface area contributed by atoms with E-state index in [0.717, 1.165) is 0 Å². The van der Waals surface area contributed by atoms with Gasteiger partial charge in [0.1, 0.15) is 30.6 Å². The smallest absolute Gasteiger partial charge is 0.336 e. The predicted molar refractivity (Wildman–Crippen MR) is 131 cm³/mol. The maximum atomic E-state index is 13.7. The van der Waals surface area contributed by atoms with E-state index < -0.39 is 23.8 Å². The molecule has 2 aromatic rings. The van der Waals surface area contributed by atoms with E-state index in [-0.39, 0.29) is 36.2 Å². The van der Waals surface area contributed by atoms with Gasteiger partial charge in [0.05, 0.1) is 12.7 Å². The highest BCUT2D eigenvalue weighted by Gasteiger charge is 2.47. The Kier molecular flexibility index (Phi) is 7.43. The lowest BCUT2D eigenvalue weighted by atomic mass is 9.69. The number of aromatic hydroxyl groups is 1. The van der Waals surface area contributed by atoms with Crippen molar-refractivity contribution in [3.8, 4) is 11.5 Å². The number of para-hydroxylation sites is 1. The molecule has 3 atom stereocenters. The van der Waals surface area contributed by atoms with Crippen LogP contribution in [0, 0.1) is 11.8 Å².